The summed E-state index contributed by atoms with van der Waals surface area (Å²) >= 11 is 6.04. The van der Waals surface area contributed by atoms with Crippen LogP contribution in [0.15, 0.2) is 30.3 Å². The van der Waals surface area contributed by atoms with E-state index in [1.807, 2.05) is 6.07 Å². The van der Waals surface area contributed by atoms with Crippen molar-refractivity contribution < 1.29 is 9.13 Å². The Labute approximate surface area is 120 Å². The van der Waals surface area contributed by atoms with Crippen LogP contribution >= 0.6 is 11.6 Å². The van der Waals surface area contributed by atoms with Crippen LogP contribution < -0.4 is 15.8 Å². The molecular weight excluding hydrogens is 281 g/mol. The Morgan fingerprint density at radius 3 is 2.70 bits per heavy atom. The summed E-state index contributed by atoms with van der Waals surface area (Å²) in [5, 5.41) is 12.3. The summed E-state index contributed by atoms with van der Waals surface area (Å²) in [6.07, 6.45) is 0. The van der Waals surface area contributed by atoms with Crippen LogP contribution in [0.2, 0.25) is 5.02 Å². The highest BCUT2D eigenvalue weighted by Gasteiger charge is 2.10. The molecule has 20 heavy (non-hydrogen) atoms. The van der Waals surface area contributed by atoms with E-state index >= 15 is 0 Å². The first kappa shape index (κ1) is 14.0. The molecule has 0 heterocycles. The van der Waals surface area contributed by atoms with Gasteiger partial charge in [-0.05, 0) is 18.2 Å². The van der Waals surface area contributed by atoms with E-state index in [1.165, 1.54) is 13.2 Å². The smallest absolute Gasteiger partial charge is 0.167 e. The van der Waals surface area contributed by atoms with Crippen LogP contribution in [-0.2, 0) is 0 Å². The number of nitrogen functional groups attached to an aromatic ring is 1. The number of nitrogens with one attached hydrogen (secondary N) is 1. The molecule has 0 fully saturated rings. The van der Waals surface area contributed by atoms with Gasteiger partial charge in [0.05, 0.1) is 40.8 Å². The lowest BCUT2D eigenvalue weighted by molar-refractivity contribution is 0.387. The predicted molar refractivity (Wildman–Crippen MR) is 76.8 cm³/mol. The molecule has 4 nitrogen and oxygen atoms in total. The summed E-state index contributed by atoms with van der Waals surface area (Å²) in [5.41, 5.74) is 7.36. The fourth-order valence-electron chi connectivity index (χ4n) is 1.67. The molecule has 0 radical (unpaired) electrons. The normalized spacial score (nSPS) is 9.90. The topological polar surface area (TPSA) is 71.1 Å². The molecule has 2 rings (SSSR count). The van der Waals surface area contributed by atoms with E-state index in [-0.39, 0.29) is 11.4 Å². The van der Waals surface area contributed by atoms with Gasteiger partial charge in [-0.25, -0.2) is 4.39 Å². The van der Waals surface area contributed by atoms with Crippen molar-refractivity contribution in [2.75, 3.05) is 18.2 Å². The molecular formula is C14H11ClFN3O. The molecule has 0 amide bonds. The third kappa shape index (κ3) is 2.76. The van der Waals surface area contributed by atoms with Gasteiger partial charge < -0.3 is 15.8 Å². The van der Waals surface area contributed by atoms with E-state index in [0.717, 1.165) is 6.07 Å². The SMILES string of the molecule is COc1cc(Nc2cc(C#N)ccc2Cl)c(N)cc1F. The number of halogens is 2. The van der Waals surface area contributed by atoms with Gasteiger partial charge in [0.1, 0.15) is 0 Å². The van der Waals surface area contributed by atoms with E-state index in [0.29, 0.717) is 22.0 Å². The third-order valence-corrected chi connectivity index (χ3v) is 3.02. The van der Waals surface area contributed by atoms with Crippen LogP contribution in [0.5, 0.6) is 5.75 Å². The summed E-state index contributed by atoms with van der Waals surface area (Å²) in [6, 6.07) is 9.38. The number of methoxy groups -OCH3 is 1. The predicted octanol–water partition coefficient (Wildman–Crippen LogP) is 3.69. The molecule has 0 aromatic heterocycles. The minimum absolute atomic E-state index is 0.0641. The molecule has 0 atom stereocenters. The number of ether oxygens (including phenoxy) is 1. The van der Waals surface area contributed by atoms with Crippen LogP contribution in [0.1, 0.15) is 5.56 Å². The molecule has 0 saturated heterocycles. The fraction of sp³-hybridized carbons (Fsp3) is 0.0714. The molecule has 0 unspecified atom stereocenters. The zero-order valence-electron chi connectivity index (χ0n) is 10.6. The average Bonchev–Trinajstić information content (AvgIpc) is 2.44. The van der Waals surface area contributed by atoms with Crippen molar-refractivity contribution >= 4 is 28.7 Å². The highest BCUT2D eigenvalue weighted by atomic mass is 35.5. The highest BCUT2D eigenvalue weighted by Crippen LogP contribution is 2.33. The van der Waals surface area contributed by atoms with Crippen molar-refractivity contribution in [3.05, 3.63) is 46.7 Å². The van der Waals surface area contributed by atoms with E-state index in [2.05, 4.69) is 5.32 Å². The van der Waals surface area contributed by atoms with Gasteiger partial charge in [0, 0.05) is 12.1 Å². The van der Waals surface area contributed by atoms with Crippen LogP contribution in [-0.4, -0.2) is 7.11 Å². The van der Waals surface area contributed by atoms with E-state index in [9.17, 15) is 4.39 Å². The molecule has 0 aliphatic rings. The molecule has 102 valence electrons. The number of hydrogen-bond acceptors (Lipinski definition) is 4. The molecule has 0 saturated carbocycles. The molecule has 0 bridgehead atoms. The lowest BCUT2D eigenvalue weighted by atomic mass is 10.2. The second kappa shape index (κ2) is 5.68. The van der Waals surface area contributed by atoms with Crippen LogP contribution in [0.3, 0.4) is 0 Å². The first-order chi connectivity index (χ1) is 9.55. The highest BCUT2D eigenvalue weighted by molar-refractivity contribution is 6.33. The average molecular weight is 292 g/mol. The third-order valence-electron chi connectivity index (χ3n) is 2.69. The number of rotatable bonds is 3. The van der Waals surface area contributed by atoms with Gasteiger partial charge in [-0.15, -0.1) is 0 Å². The molecule has 3 N–H and O–H groups in total. The van der Waals surface area contributed by atoms with Gasteiger partial charge in [0.25, 0.3) is 0 Å². The molecule has 2 aromatic carbocycles. The van der Waals surface area contributed by atoms with E-state index in [1.54, 1.807) is 18.2 Å². The Morgan fingerprint density at radius 2 is 2.05 bits per heavy atom. The van der Waals surface area contributed by atoms with Gasteiger partial charge in [-0.2, -0.15) is 5.26 Å². The first-order valence-corrected chi connectivity index (χ1v) is 6.02. The van der Waals surface area contributed by atoms with E-state index < -0.39 is 5.82 Å². The van der Waals surface area contributed by atoms with Gasteiger partial charge in [0.2, 0.25) is 0 Å². The molecule has 0 aliphatic heterocycles. The zero-order valence-corrected chi connectivity index (χ0v) is 11.3. The lowest BCUT2D eigenvalue weighted by Crippen LogP contribution is -2.00. The van der Waals surface area contributed by atoms with Crippen molar-refractivity contribution in [1.82, 2.24) is 0 Å². The summed E-state index contributed by atoms with van der Waals surface area (Å²) in [7, 11) is 1.36. The zero-order chi connectivity index (χ0) is 14.7. The Bertz CT molecular complexity index is 698. The van der Waals surface area contributed by atoms with Crippen molar-refractivity contribution in [3.8, 4) is 11.8 Å². The number of nitrogens with two attached hydrogens (primary N) is 1. The molecule has 0 spiro atoms. The monoisotopic (exact) mass is 291 g/mol. The number of benzene rings is 2. The largest absolute Gasteiger partial charge is 0.494 e. The van der Waals surface area contributed by atoms with Crippen LogP contribution in [0.4, 0.5) is 21.5 Å². The second-order valence-corrected chi connectivity index (χ2v) is 4.41. The standard InChI is InChI=1S/C14H11ClFN3O/c1-20-14-6-13(11(18)5-10(14)16)19-12-4-8(7-17)2-3-9(12)15/h2-6,19H,18H2,1H3. The van der Waals surface area contributed by atoms with Crippen LogP contribution in [0.25, 0.3) is 0 Å². The minimum atomic E-state index is -0.549. The maximum Gasteiger partial charge on any atom is 0.167 e. The first-order valence-electron chi connectivity index (χ1n) is 5.65. The van der Waals surface area contributed by atoms with Crippen molar-refractivity contribution in [2.45, 2.75) is 0 Å². The molecule has 0 aliphatic carbocycles. The van der Waals surface area contributed by atoms with Gasteiger partial charge in [-0.3, -0.25) is 0 Å². The second-order valence-electron chi connectivity index (χ2n) is 4.01. The Kier molecular flexibility index (Phi) is 3.97. The fourth-order valence-corrected chi connectivity index (χ4v) is 1.83. The van der Waals surface area contributed by atoms with Crippen molar-refractivity contribution in [1.29, 1.82) is 5.26 Å². The summed E-state index contributed by atoms with van der Waals surface area (Å²) in [4.78, 5) is 0. The summed E-state index contributed by atoms with van der Waals surface area (Å²) in [5.74, 6) is -0.485. The van der Waals surface area contributed by atoms with Gasteiger partial charge in [0.15, 0.2) is 11.6 Å². The maximum absolute atomic E-state index is 13.5. The number of hydrogen-bond donors (Lipinski definition) is 2. The van der Waals surface area contributed by atoms with Crippen molar-refractivity contribution in [3.63, 3.8) is 0 Å². The maximum atomic E-state index is 13.5. The Hall–Kier alpha value is -2.45. The van der Waals surface area contributed by atoms with Gasteiger partial charge in [-0.1, -0.05) is 11.6 Å². The van der Waals surface area contributed by atoms with Crippen molar-refractivity contribution in [2.24, 2.45) is 0 Å². The van der Waals surface area contributed by atoms with E-state index in [4.69, 9.17) is 27.3 Å². The number of nitriles is 1. The number of nitrogens with zero attached hydrogens (tertiary/aromatic N) is 1. The Balaban J connectivity index is 2.42. The molecule has 2 aromatic rings. The summed E-state index contributed by atoms with van der Waals surface area (Å²) < 4.78 is 18.4. The summed E-state index contributed by atoms with van der Waals surface area (Å²) in [6.45, 7) is 0. The Morgan fingerprint density at radius 1 is 1.30 bits per heavy atom. The van der Waals surface area contributed by atoms with Crippen LogP contribution in [0, 0.1) is 17.1 Å². The molecule has 6 heteroatoms. The van der Waals surface area contributed by atoms with Gasteiger partial charge >= 0.3 is 0 Å². The lowest BCUT2D eigenvalue weighted by Gasteiger charge is -2.13. The number of anilines is 3. The minimum Gasteiger partial charge on any atom is -0.494 e. The quantitative estimate of drug-likeness (QED) is 0.846.